The third-order valence-corrected chi connectivity index (χ3v) is 4.76. The Hall–Kier alpha value is -2.46. The van der Waals surface area contributed by atoms with Crippen molar-refractivity contribution in [1.29, 1.82) is 0 Å². The molecule has 0 unspecified atom stereocenters. The fourth-order valence-corrected chi connectivity index (χ4v) is 3.27. The molecule has 2 aromatic rings. The second-order valence-corrected chi connectivity index (χ2v) is 6.95. The molecule has 0 bridgehead atoms. The van der Waals surface area contributed by atoms with Gasteiger partial charge in [0.15, 0.2) is 6.23 Å². The first kappa shape index (κ1) is 20.3. The largest absolute Gasteiger partial charge is 0.445 e. The minimum absolute atomic E-state index is 0.0521. The lowest BCUT2D eigenvalue weighted by Gasteiger charge is -2.36. The van der Waals surface area contributed by atoms with E-state index in [4.69, 9.17) is 39.5 Å². The van der Waals surface area contributed by atoms with Gasteiger partial charge in [0.05, 0.1) is 5.02 Å². The molecular formula is C17H17Cl2FN6O2. The van der Waals surface area contributed by atoms with Gasteiger partial charge in [-0.3, -0.25) is 10.6 Å². The van der Waals surface area contributed by atoms with Gasteiger partial charge < -0.3 is 15.8 Å². The van der Waals surface area contributed by atoms with Crippen molar-refractivity contribution in [1.82, 2.24) is 10.4 Å². The number of alkyl halides is 1. The number of ether oxygens (including phenoxy) is 1. The van der Waals surface area contributed by atoms with Gasteiger partial charge in [0.1, 0.15) is 17.9 Å². The van der Waals surface area contributed by atoms with E-state index in [1.54, 1.807) is 12.1 Å². The monoisotopic (exact) mass is 426 g/mol. The highest BCUT2D eigenvalue weighted by Crippen LogP contribution is 2.39. The van der Waals surface area contributed by atoms with E-state index in [0.717, 1.165) is 0 Å². The number of nitrogens with one attached hydrogen (secondary N) is 2. The Morgan fingerprint density at radius 3 is 2.79 bits per heavy atom. The predicted molar refractivity (Wildman–Crippen MR) is 105 cm³/mol. The molecule has 1 aliphatic heterocycles. The average molecular weight is 427 g/mol. The highest BCUT2D eigenvalue weighted by molar-refractivity contribution is 6.31. The molecule has 1 aliphatic rings. The molecule has 2 atom stereocenters. The second kappa shape index (κ2) is 8.27. The van der Waals surface area contributed by atoms with Gasteiger partial charge in [-0.15, -0.1) is 0 Å². The Kier molecular flexibility index (Phi) is 5.99. The summed E-state index contributed by atoms with van der Waals surface area (Å²) in [5, 5.41) is 3.35. The van der Waals surface area contributed by atoms with E-state index in [1.165, 1.54) is 24.4 Å². The number of hydrazine groups is 1. The van der Waals surface area contributed by atoms with Crippen molar-refractivity contribution < 1.29 is 13.9 Å². The van der Waals surface area contributed by atoms with Crippen LogP contribution in [0.15, 0.2) is 41.5 Å². The summed E-state index contributed by atoms with van der Waals surface area (Å²) in [4.78, 5) is 20.5. The van der Waals surface area contributed by atoms with E-state index in [0.29, 0.717) is 16.3 Å². The third-order valence-electron chi connectivity index (χ3n) is 4.20. The normalized spacial score (nSPS) is 21.6. The molecule has 11 heteroatoms. The van der Waals surface area contributed by atoms with Crippen molar-refractivity contribution in [3.8, 4) is 0 Å². The summed E-state index contributed by atoms with van der Waals surface area (Å²) in [6, 6.07) is 7.46. The Morgan fingerprint density at radius 2 is 2.14 bits per heavy atom. The number of carbonyl (C=O) groups is 1. The number of anilines is 1. The summed E-state index contributed by atoms with van der Waals surface area (Å²) in [6.45, 7) is -0.898. The minimum atomic E-state index is -1.41. The van der Waals surface area contributed by atoms with Crippen molar-refractivity contribution in [2.75, 3.05) is 12.0 Å². The van der Waals surface area contributed by atoms with Crippen LogP contribution >= 0.6 is 23.2 Å². The first-order valence-electron chi connectivity index (χ1n) is 8.14. The molecule has 3 rings (SSSR count). The van der Waals surface area contributed by atoms with Gasteiger partial charge >= 0.3 is 0 Å². The molecule has 0 fully saturated rings. The summed E-state index contributed by atoms with van der Waals surface area (Å²) in [5.41, 5.74) is 7.56. The number of hydrogen-bond acceptors (Lipinski definition) is 7. The van der Waals surface area contributed by atoms with Crippen LogP contribution in [0.25, 0.3) is 0 Å². The smallest absolute Gasteiger partial charge is 0.284 e. The average Bonchev–Trinajstić information content (AvgIpc) is 2.69. The highest BCUT2D eigenvalue weighted by Gasteiger charge is 2.41. The minimum Gasteiger partial charge on any atom is -0.445 e. The number of benzene rings is 1. The van der Waals surface area contributed by atoms with Gasteiger partial charge in [-0.1, -0.05) is 23.2 Å². The molecule has 0 radical (unpaired) electrons. The van der Waals surface area contributed by atoms with Crippen LogP contribution in [0, 0.1) is 0 Å². The van der Waals surface area contributed by atoms with Crippen LogP contribution < -0.4 is 22.3 Å². The number of hydrogen-bond donors (Lipinski definition) is 4. The van der Waals surface area contributed by atoms with Crippen molar-refractivity contribution in [2.24, 2.45) is 16.6 Å². The molecule has 148 valence electrons. The summed E-state index contributed by atoms with van der Waals surface area (Å²) < 4.78 is 19.3. The maximum atomic E-state index is 14.1. The first-order valence-corrected chi connectivity index (χ1v) is 8.89. The fourth-order valence-electron chi connectivity index (χ4n) is 2.86. The topological polar surface area (TPSA) is 128 Å². The summed E-state index contributed by atoms with van der Waals surface area (Å²) >= 11 is 12.1. The summed E-state index contributed by atoms with van der Waals surface area (Å²) in [7, 11) is 0. The van der Waals surface area contributed by atoms with E-state index in [9.17, 15) is 9.18 Å². The molecule has 0 aliphatic carbocycles. The molecule has 1 aromatic heterocycles. The first-order chi connectivity index (χ1) is 13.4. The molecule has 2 heterocycles. The molecule has 0 spiro atoms. The van der Waals surface area contributed by atoms with Crippen LogP contribution in [0.1, 0.15) is 22.5 Å². The van der Waals surface area contributed by atoms with Crippen molar-refractivity contribution in [3.63, 3.8) is 0 Å². The van der Waals surface area contributed by atoms with Gasteiger partial charge in [-0.25, -0.2) is 19.8 Å². The highest BCUT2D eigenvalue weighted by atomic mass is 35.5. The zero-order valence-corrected chi connectivity index (χ0v) is 16.0. The van der Waals surface area contributed by atoms with Gasteiger partial charge in [-0.05, 0) is 30.3 Å². The number of nitrogens with zero attached hydrogens (tertiary/aromatic N) is 2. The lowest BCUT2D eigenvalue weighted by Crippen LogP contribution is -2.50. The quantitative estimate of drug-likeness (QED) is 0.429. The van der Waals surface area contributed by atoms with Crippen LogP contribution in [-0.2, 0) is 10.3 Å². The predicted octanol–water partition coefficient (Wildman–Crippen LogP) is 2.33. The number of nitrogens with two attached hydrogens (primary N) is 2. The van der Waals surface area contributed by atoms with E-state index < -0.39 is 24.3 Å². The number of amides is 1. The summed E-state index contributed by atoms with van der Waals surface area (Å²) in [5.74, 6) is 4.95. The van der Waals surface area contributed by atoms with Gasteiger partial charge in [-0.2, -0.15) is 0 Å². The maximum absolute atomic E-state index is 14.1. The van der Waals surface area contributed by atoms with Gasteiger partial charge in [0, 0.05) is 28.9 Å². The molecule has 28 heavy (non-hydrogen) atoms. The Bertz CT molecular complexity index is 911. The number of pyridine rings is 1. The number of amidine groups is 1. The molecule has 6 N–H and O–H groups in total. The maximum Gasteiger partial charge on any atom is 0.284 e. The van der Waals surface area contributed by atoms with Crippen molar-refractivity contribution >= 4 is 40.8 Å². The second-order valence-electron chi connectivity index (χ2n) is 6.10. The molecule has 8 nitrogen and oxygen atoms in total. The van der Waals surface area contributed by atoms with Crippen LogP contribution in [-0.4, -0.2) is 29.8 Å². The van der Waals surface area contributed by atoms with Crippen molar-refractivity contribution in [2.45, 2.75) is 18.2 Å². The van der Waals surface area contributed by atoms with Crippen molar-refractivity contribution in [3.05, 3.63) is 57.8 Å². The summed E-state index contributed by atoms with van der Waals surface area (Å²) in [6.07, 6.45) is 0.665. The fraction of sp³-hybridized carbons (Fsp3) is 0.235. The number of rotatable bonds is 5. The number of aromatic nitrogens is 1. The van der Waals surface area contributed by atoms with Crippen LogP contribution in [0.3, 0.4) is 0 Å². The Balaban J connectivity index is 1.93. The number of halogens is 3. The van der Waals surface area contributed by atoms with Crippen LogP contribution in [0.5, 0.6) is 0 Å². The van der Waals surface area contributed by atoms with Crippen LogP contribution in [0.2, 0.25) is 10.0 Å². The van der Waals surface area contributed by atoms with E-state index in [-0.39, 0.29) is 23.2 Å². The standard InChI is InChI=1S/C17H17Cl2FN6O2/c18-9-1-4-13(23-7-9)15(27)24-10-2-3-12(19)11(5-10)17(8-20)6-14(26-22)28-16(21)25-17/h1-5,7,14,26H,6,8,22H2,(H2,21,25)(H,24,27)/t14-,17-/m0/s1. The number of carbonyl (C=O) groups excluding carboxylic acids is 1. The zero-order chi connectivity index (χ0) is 20.3. The zero-order valence-electron chi connectivity index (χ0n) is 14.5. The van der Waals surface area contributed by atoms with E-state index in [1.807, 2.05) is 0 Å². The molecular weight excluding hydrogens is 410 g/mol. The SMILES string of the molecule is NN[C@@H]1C[C@](CF)(c2cc(NC(=O)c3ccc(Cl)cn3)ccc2Cl)N=C(N)O1. The van der Waals surface area contributed by atoms with Gasteiger partial charge in [0.2, 0.25) is 0 Å². The lowest BCUT2D eigenvalue weighted by atomic mass is 9.86. The van der Waals surface area contributed by atoms with Gasteiger partial charge in [0.25, 0.3) is 11.9 Å². The Labute approximate surface area is 170 Å². The van der Waals surface area contributed by atoms with E-state index in [2.05, 4.69) is 20.7 Å². The molecule has 0 saturated carbocycles. The molecule has 0 saturated heterocycles. The number of aliphatic imine (C=N–C) groups is 1. The molecule has 1 amide bonds. The van der Waals surface area contributed by atoms with Crippen LogP contribution in [0.4, 0.5) is 10.1 Å². The Morgan fingerprint density at radius 1 is 1.36 bits per heavy atom. The lowest BCUT2D eigenvalue weighted by molar-refractivity contribution is 0.0748. The molecule has 1 aromatic carbocycles. The van der Waals surface area contributed by atoms with E-state index >= 15 is 0 Å². The third kappa shape index (κ3) is 4.17.